The third-order valence-corrected chi connectivity index (χ3v) is 3.19. The molecule has 0 heterocycles. The van der Waals surface area contributed by atoms with Crippen LogP contribution in [0.2, 0.25) is 0 Å². The van der Waals surface area contributed by atoms with Crippen LogP contribution in [0.15, 0.2) is 0 Å². The lowest BCUT2D eigenvalue weighted by molar-refractivity contribution is -0.147. The van der Waals surface area contributed by atoms with E-state index in [0.29, 0.717) is 19.0 Å². The van der Waals surface area contributed by atoms with Gasteiger partial charge in [0, 0.05) is 12.6 Å². The quantitative estimate of drug-likeness (QED) is 0.814. The topological polar surface area (TPSA) is 29.3 Å². The largest absolute Gasteiger partial charge is 0.401 e. The van der Waals surface area contributed by atoms with Crippen LogP contribution in [-0.2, 0) is 0 Å². The summed E-state index contributed by atoms with van der Waals surface area (Å²) < 4.78 is 36.8. The van der Waals surface area contributed by atoms with Crippen molar-refractivity contribution in [1.29, 1.82) is 0 Å². The molecule has 2 nitrogen and oxygen atoms in total. The minimum atomic E-state index is -4.09. The Balaban J connectivity index is 2.37. The Morgan fingerprint density at radius 2 is 2.00 bits per heavy atom. The molecule has 0 aromatic carbocycles. The average Bonchev–Trinajstić information content (AvgIpc) is 2.14. The maximum atomic E-state index is 12.3. The van der Waals surface area contributed by atoms with Gasteiger partial charge in [0.05, 0.1) is 6.54 Å². The zero-order valence-corrected chi connectivity index (χ0v) is 9.76. The number of halogens is 3. The van der Waals surface area contributed by atoms with Gasteiger partial charge in [0.1, 0.15) is 0 Å². The smallest absolute Gasteiger partial charge is 0.328 e. The first kappa shape index (κ1) is 13.8. The second-order valence-corrected chi connectivity index (χ2v) is 4.74. The number of nitrogens with two attached hydrogens (primary N) is 1. The summed E-state index contributed by atoms with van der Waals surface area (Å²) in [6.07, 6.45) is -0.138. The summed E-state index contributed by atoms with van der Waals surface area (Å²) in [6.45, 7) is 1.96. The van der Waals surface area contributed by atoms with Gasteiger partial charge in [-0.1, -0.05) is 13.3 Å². The predicted octanol–water partition coefficient (Wildman–Crippen LogP) is 2.39. The molecule has 0 amide bonds. The van der Waals surface area contributed by atoms with E-state index in [0.717, 1.165) is 25.7 Å². The van der Waals surface area contributed by atoms with Crippen LogP contribution in [-0.4, -0.2) is 36.8 Å². The van der Waals surface area contributed by atoms with Crippen LogP contribution in [0.5, 0.6) is 0 Å². The first-order valence-corrected chi connectivity index (χ1v) is 5.95. The second-order valence-electron chi connectivity index (χ2n) is 4.74. The van der Waals surface area contributed by atoms with Crippen LogP contribution in [0.4, 0.5) is 13.2 Å². The summed E-state index contributed by atoms with van der Waals surface area (Å²) in [7, 11) is 0. The molecule has 0 spiro atoms. The lowest BCUT2D eigenvalue weighted by atomic mass is 9.86. The predicted molar refractivity (Wildman–Crippen MR) is 58.1 cm³/mol. The molecule has 0 bridgehead atoms. The summed E-state index contributed by atoms with van der Waals surface area (Å²) >= 11 is 0. The minimum absolute atomic E-state index is 0.184. The second kappa shape index (κ2) is 5.87. The highest BCUT2D eigenvalue weighted by molar-refractivity contribution is 4.78. The Hall–Kier alpha value is -0.290. The summed E-state index contributed by atoms with van der Waals surface area (Å²) in [5.41, 5.74) is 5.83. The number of alkyl halides is 3. The zero-order chi connectivity index (χ0) is 12.2. The van der Waals surface area contributed by atoms with Crippen molar-refractivity contribution in [2.24, 2.45) is 11.7 Å². The molecule has 0 aromatic heterocycles. The van der Waals surface area contributed by atoms with Crippen LogP contribution < -0.4 is 5.73 Å². The molecule has 0 aromatic rings. The van der Waals surface area contributed by atoms with Gasteiger partial charge in [0.25, 0.3) is 0 Å². The Morgan fingerprint density at radius 3 is 2.50 bits per heavy atom. The fraction of sp³-hybridized carbons (Fsp3) is 1.00. The molecule has 16 heavy (non-hydrogen) atoms. The van der Waals surface area contributed by atoms with Crippen molar-refractivity contribution in [3.05, 3.63) is 0 Å². The standard InChI is InChI=1S/C11H21F3N2/c1-2-16(8-11(12,13)14)7-9-4-3-5-10(15)6-9/h9-10H,2-8,15H2,1H3. The molecule has 1 saturated carbocycles. The SMILES string of the molecule is CCN(CC1CCCC(N)C1)CC(F)(F)F. The normalized spacial score (nSPS) is 27.4. The Labute approximate surface area is 95.0 Å². The molecule has 0 saturated heterocycles. The molecule has 5 heteroatoms. The van der Waals surface area contributed by atoms with Gasteiger partial charge >= 0.3 is 6.18 Å². The molecular weight excluding hydrogens is 217 g/mol. The minimum Gasteiger partial charge on any atom is -0.328 e. The van der Waals surface area contributed by atoms with Crippen LogP contribution >= 0.6 is 0 Å². The van der Waals surface area contributed by atoms with Gasteiger partial charge in [-0.2, -0.15) is 13.2 Å². The van der Waals surface area contributed by atoms with Crippen molar-refractivity contribution in [2.75, 3.05) is 19.6 Å². The van der Waals surface area contributed by atoms with E-state index in [-0.39, 0.29) is 6.04 Å². The maximum absolute atomic E-state index is 12.3. The third kappa shape index (κ3) is 5.16. The Morgan fingerprint density at radius 1 is 1.31 bits per heavy atom. The van der Waals surface area contributed by atoms with E-state index < -0.39 is 12.7 Å². The molecule has 96 valence electrons. The fourth-order valence-electron chi connectivity index (χ4n) is 2.42. The summed E-state index contributed by atoms with van der Waals surface area (Å²) in [6, 6.07) is 0.184. The van der Waals surface area contributed by atoms with Crippen LogP contribution in [0.1, 0.15) is 32.6 Å². The highest BCUT2D eigenvalue weighted by Gasteiger charge is 2.31. The average molecular weight is 238 g/mol. The molecular formula is C11H21F3N2. The van der Waals surface area contributed by atoms with Crippen molar-refractivity contribution < 1.29 is 13.2 Å². The number of nitrogens with zero attached hydrogens (tertiary/aromatic N) is 1. The molecule has 1 rings (SSSR count). The summed E-state index contributed by atoms with van der Waals surface area (Å²) in [5.74, 6) is 0.339. The van der Waals surface area contributed by atoms with E-state index >= 15 is 0 Å². The molecule has 2 unspecified atom stereocenters. The molecule has 1 aliphatic carbocycles. The first-order chi connectivity index (χ1) is 7.40. The van der Waals surface area contributed by atoms with Crippen molar-refractivity contribution in [3.8, 4) is 0 Å². The van der Waals surface area contributed by atoms with Crippen LogP contribution in [0, 0.1) is 5.92 Å². The van der Waals surface area contributed by atoms with Gasteiger partial charge < -0.3 is 5.73 Å². The number of hydrogen-bond donors (Lipinski definition) is 1. The van der Waals surface area contributed by atoms with Crippen molar-refractivity contribution in [3.63, 3.8) is 0 Å². The van der Waals surface area contributed by atoms with Crippen molar-refractivity contribution in [2.45, 2.75) is 44.8 Å². The van der Waals surface area contributed by atoms with E-state index in [1.54, 1.807) is 6.92 Å². The Kier molecular flexibility index (Phi) is 5.05. The molecule has 1 aliphatic rings. The van der Waals surface area contributed by atoms with Gasteiger partial charge in [-0.3, -0.25) is 4.90 Å². The molecule has 0 radical (unpaired) electrons. The van der Waals surface area contributed by atoms with Gasteiger partial charge in [-0.25, -0.2) is 0 Å². The van der Waals surface area contributed by atoms with E-state index in [1.807, 2.05) is 0 Å². The molecule has 2 atom stereocenters. The van der Waals surface area contributed by atoms with Gasteiger partial charge in [-0.15, -0.1) is 0 Å². The molecule has 0 aliphatic heterocycles. The van der Waals surface area contributed by atoms with E-state index in [2.05, 4.69) is 0 Å². The van der Waals surface area contributed by atoms with Crippen LogP contribution in [0.3, 0.4) is 0 Å². The number of rotatable bonds is 4. The van der Waals surface area contributed by atoms with Gasteiger partial charge in [0.15, 0.2) is 0 Å². The number of hydrogen-bond acceptors (Lipinski definition) is 2. The lowest BCUT2D eigenvalue weighted by Gasteiger charge is -2.31. The van der Waals surface area contributed by atoms with Crippen molar-refractivity contribution >= 4 is 0 Å². The summed E-state index contributed by atoms with van der Waals surface area (Å²) in [5, 5.41) is 0. The Bertz CT molecular complexity index is 206. The van der Waals surface area contributed by atoms with E-state index in [1.165, 1.54) is 4.90 Å². The highest BCUT2D eigenvalue weighted by Crippen LogP contribution is 2.25. The highest BCUT2D eigenvalue weighted by atomic mass is 19.4. The van der Waals surface area contributed by atoms with E-state index in [9.17, 15) is 13.2 Å². The lowest BCUT2D eigenvalue weighted by Crippen LogP contribution is -2.40. The summed E-state index contributed by atoms with van der Waals surface area (Å²) in [4.78, 5) is 1.47. The van der Waals surface area contributed by atoms with Crippen LogP contribution in [0.25, 0.3) is 0 Å². The molecule has 2 N–H and O–H groups in total. The third-order valence-electron chi connectivity index (χ3n) is 3.19. The van der Waals surface area contributed by atoms with Gasteiger partial charge in [-0.05, 0) is 31.7 Å². The van der Waals surface area contributed by atoms with Gasteiger partial charge in [0.2, 0.25) is 0 Å². The fourth-order valence-corrected chi connectivity index (χ4v) is 2.42. The van der Waals surface area contributed by atoms with Crippen molar-refractivity contribution in [1.82, 2.24) is 4.90 Å². The first-order valence-electron chi connectivity index (χ1n) is 5.95. The monoisotopic (exact) mass is 238 g/mol. The molecule has 1 fully saturated rings. The zero-order valence-electron chi connectivity index (χ0n) is 9.76. The maximum Gasteiger partial charge on any atom is 0.401 e. The van der Waals surface area contributed by atoms with E-state index in [4.69, 9.17) is 5.73 Å².